The molecule has 1 unspecified atom stereocenters. The molecule has 0 aliphatic heterocycles. The molecule has 1 atom stereocenters. The smallest absolute Gasteiger partial charge is 0.122 e. The zero-order chi connectivity index (χ0) is 15.3. The Morgan fingerprint density at radius 3 is 2.35 bits per heavy atom. The lowest BCUT2D eigenvalue weighted by atomic mass is 9.80. The molecule has 0 saturated heterocycles. The maximum absolute atomic E-state index is 6.54. The minimum Gasteiger partial charge on any atom is -0.496 e. The summed E-state index contributed by atoms with van der Waals surface area (Å²) in [5, 5.41) is 0.719. The molecule has 0 spiro atoms. The van der Waals surface area contributed by atoms with Crippen LogP contribution in [0.4, 0.5) is 0 Å². The van der Waals surface area contributed by atoms with Crippen molar-refractivity contribution in [2.45, 2.75) is 44.7 Å². The first-order valence-corrected chi connectivity index (χ1v) is 7.54. The van der Waals surface area contributed by atoms with Gasteiger partial charge >= 0.3 is 0 Å². The maximum Gasteiger partial charge on any atom is 0.122 e. The largest absolute Gasteiger partial charge is 0.496 e. The Bertz CT molecular complexity index is 430. The number of benzene rings is 1. The van der Waals surface area contributed by atoms with Gasteiger partial charge in [0.25, 0.3) is 0 Å². The van der Waals surface area contributed by atoms with Crippen molar-refractivity contribution in [3.63, 3.8) is 0 Å². The van der Waals surface area contributed by atoms with Gasteiger partial charge in [-0.2, -0.15) is 0 Å². The Balaban J connectivity index is 3.05. The summed E-state index contributed by atoms with van der Waals surface area (Å²) in [6, 6.07) is 5.72. The molecule has 0 radical (unpaired) electrons. The van der Waals surface area contributed by atoms with Crippen LogP contribution < -0.4 is 10.5 Å². The van der Waals surface area contributed by atoms with Crippen LogP contribution in [0.2, 0.25) is 5.02 Å². The van der Waals surface area contributed by atoms with E-state index in [2.05, 4.69) is 32.8 Å². The summed E-state index contributed by atoms with van der Waals surface area (Å²) >= 11 is 6.10. The summed E-state index contributed by atoms with van der Waals surface area (Å²) in [6.45, 7) is 4.39. The van der Waals surface area contributed by atoms with E-state index in [-0.39, 0.29) is 11.6 Å². The second kappa shape index (κ2) is 7.30. The predicted molar refractivity (Wildman–Crippen MR) is 86.7 cm³/mol. The first kappa shape index (κ1) is 17.3. The minimum absolute atomic E-state index is 0.00662. The molecular weight excluding hydrogens is 272 g/mol. The van der Waals surface area contributed by atoms with Gasteiger partial charge < -0.3 is 15.4 Å². The Labute approximate surface area is 128 Å². The van der Waals surface area contributed by atoms with Crippen LogP contribution in [0.5, 0.6) is 5.75 Å². The Morgan fingerprint density at radius 1 is 1.30 bits per heavy atom. The van der Waals surface area contributed by atoms with Crippen LogP contribution in [0.1, 0.15) is 32.3 Å². The van der Waals surface area contributed by atoms with E-state index in [4.69, 9.17) is 22.1 Å². The summed E-state index contributed by atoms with van der Waals surface area (Å²) in [6.07, 6.45) is 2.78. The molecule has 3 nitrogen and oxygen atoms in total. The van der Waals surface area contributed by atoms with Gasteiger partial charge in [0.2, 0.25) is 0 Å². The number of ether oxygens (including phenoxy) is 1. The predicted octanol–water partition coefficient (Wildman–Crippen LogP) is 3.34. The Hall–Kier alpha value is -0.770. The van der Waals surface area contributed by atoms with Gasteiger partial charge in [-0.1, -0.05) is 25.4 Å². The fraction of sp³-hybridized carbons (Fsp3) is 0.625. The molecule has 0 fully saturated rings. The van der Waals surface area contributed by atoms with Gasteiger partial charge in [-0.3, -0.25) is 0 Å². The molecule has 0 aliphatic carbocycles. The van der Waals surface area contributed by atoms with Crippen LogP contribution in [-0.2, 0) is 6.42 Å². The van der Waals surface area contributed by atoms with Crippen molar-refractivity contribution in [3.8, 4) is 5.75 Å². The first-order valence-electron chi connectivity index (χ1n) is 7.16. The average Bonchev–Trinajstić information content (AvgIpc) is 2.40. The lowest BCUT2D eigenvalue weighted by molar-refractivity contribution is 0.105. The number of halogens is 1. The summed E-state index contributed by atoms with van der Waals surface area (Å²) < 4.78 is 5.41. The van der Waals surface area contributed by atoms with E-state index in [1.54, 1.807) is 7.11 Å². The van der Waals surface area contributed by atoms with E-state index in [0.29, 0.717) is 0 Å². The highest BCUT2D eigenvalue weighted by atomic mass is 35.5. The number of methoxy groups -OCH3 is 1. The van der Waals surface area contributed by atoms with Gasteiger partial charge in [-0.15, -0.1) is 0 Å². The highest BCUT2D eigenvalue weighted by Gasteiger charge is 2.35. The van der Waals surface area contributed by atoms with Gasteiger partial charge in [0, 0.05) is 16.6 Å². The number of hydrogen-bond donors (Lipinski definition) is 1. The van der Waals surface area contributed by atoms with Crippen molar-refractivity contribution < 1.29 is 4.74 Å². The molecule has 0 amide bonds. The molecule has 0 aliphatic rings. The molecule has 20 heavy (non-hydrogen) atoms. The molecule has 1 aromatic carbocycles. The topological polar surface area (TPSA) is 38.5 Å². The highest BCUT2D eigenvalue weighted by Crippen LogP contribution is 2.30. The maximum atomic E-state index is 6.54. The van der Waals surface area contributed by atoms with Crippen molar-refractivity contribution in [2.75, 3.05) is 21.2 Å². The average molecular weight is 299 g/mol. The molecule has 114 valence electrons. The summed E-state index contributed by atoms with van der Waals surface area (Å²) in [5.41, 5.74) is 7.60. The van der Waals surface area contributed by atoms with E-state index in [9.17, 15) is 0 Å². The van der Waals surface area contributed by atoms with Crippen LogP contribution in [-0.4, -0.2) is 37.7 Å². The van der Waals surface area contributed by atoms with E-state index >= 15 is 0 Å². The quantitative estimate of drug-likeness (QED) is 0.839. The number of likely N-dealkylation sites (N-methyl/N-ethyl adjacent to an activating group) is 1. The molecule has 4 heteroatoms. The number of nitrogens with two attached hydrogens (primary N) is 1. The fourth-order valence-corrected chi connectivity index (χ4v) is 3.27. The Kier molecular flexibility index (Phi) is 6.31. The first-order chi connectivity index (χ1) is 9.41. The van der Waals surface area contributed by atoms with Gasteiger partial charge in [0.1, 0.15) is 5.75 Å². The molecule has 1 aromatic rings. The lowest BCUT2D eigenvalue weighted by Crippen LogP contribution is -2.57. The third-order valence-electron chi connectivity index (χ3n) is 4.49. The molecule has 0 bridgehead atoms. The molecule has 2 N–H and O–H groups in total. The van der Waals surface area contributed by atoms with Crippen molar-refractivity contribution in [1.82, 2.24) is 4.90 Å². The lowest BCUT2D eigenvalue weighted by Gasteiger charge is -2.43. The van der Waals surface area contributed by atoms with E-state index < -0.39 is 0 Å². The minimum atomic E-state index is -0.00662. The molecular formula is C16H27ClN2O. The van der Waals surface area contributed by atoms with Gasteiger partial charge in [0.05, 0.1) is 7.11 Å². The third kappa shape index (κ3) is 3.46. The fourth-order valence-electron chi connectivity index (χ4n) is 3.07. The van der Waals surface area contributed by atoms with Gasteiger partial charge in [0.15, 0.2) is 0 Å². The van der Waals surface area contributed by atoms with E-state index in [1.165, 1.54) is 0 Å². The number of hydrogen-bond acceptors (Lipinski definition) is 3. The number of rotatable bonds is 7. The van der Waals surface area contributed by atoms with Crippen LogP contribution in [0.15, 0.2) is 18.2 Å². The SMILES string of the molecule is CCC(CC)(C(N)Cc1cc(Cl)ccc1OC)N(C)C. The van der Waals surface area contributed by atoms with Crippen molar-refractivity contribution in [2.24, 2.45) is 5.73 Å². The normalized spacial score (nSPS) is 13.6. The third-order valence-corrected chi connectivity index (χ3v) is 4.72. The van der Waals surface area contributed by atoms with Crippen molar-refractivity contribution in [3.05, 3.63) is 28.8 Å². The summed E-state index contributed by atoms with van der Waals surface area (Å²) in [5.74, 6) is 0.852. The molecule has 0 heterocycles. The van der Waals surface area contributed by atoms with Crippen LogP contribution >= 0.6 is 11.6 Å². The Morgan fingerprint density at radius 2 is 1.90 bits per heavy atom. The van der Waals surface area contributed by atoms with Crippen LogP contribution in [0.3, 0.4) is 0 Å². The zero-order valence-corrected chi connectivity index (χ0v) is 14.0. The molecule has 1 rings (SSSR count). The van der Waals surface area contributed by atoms with E-state index in [0.717, 1.165) is 35.6 Å². The standard InChI is InChI=1S/C16H27ClN2O/c1-6-16(7-2,19(3)4)15(18)11-12-10-13(17)8-9-14(12)20-5/h8-10,15H,6-7,11,18H2,1-5H3. The van der Waals surface area contributed by atoms with Crippen molar-refractivity contribution >= 4 is 11.6 Å². The van der Waals surface area contributed by atoms with Gasteiger partial charge in [-0.05, 0) is 57.1 Å². The summed E-state index contributed by atoms with van der Waals surface area (Å²) in [7, 11) is 5.88. The second-order valence-electron chi connectivity index (χ2n) is 5.47. The van der Waals surface area contributed by atoms with E-state index in [1.807, 2.05) is 18.2 Å². The molecule has 0 aromatic heterocycles. The van der Waals surface area contributed by atoms with Crippen LogP contribution in [0, 0.1) is 0 Å². The van der Waals surface area contributed by atoms with Gasteiger partial charge in [-0.25, -0.2) is 0 Å². The zero-order valence-electron chi connectivity index (χ0n) is 13.2. The second-order valence-corrected chi connectivity index (χ2v) is 5.91. The van der Waals surface area contributed by atoms with Crippen LogP contribution in [0.25, 0.3) is 0 Å². The van der Waals surface area contributed by atoms with Crippen molar-refractivity contribution in [1.29, 1.82) is 0 Å². The summed E-state index contributed by atoms with van der Waals surface area (Å²) in [4.78, 5) is 2.24. The molecule has 0 saturated carbocycles. The number of nitrogens with zero attached hydrogens (tertiary/aromatic N) is 1. The highest BCUT2D eigenvalue weighted by molar-refractivity contribution is 6.30. The monoisotopic (exact) mass is 298 g/mol.